The molecule has 1 aromatic carbocycles. The number of primary amides is 1. The Kier molecular flexibility index (Phi) is 15.3. The first-order chi connectivity index (χ1) is 21.4. The van der Waals surface area contributed by atoms with E-state index in [1.165, 1.54) is 12.2 Å². The SMILES string of the molecule is C=C(OCc1ccc(NC(=O)[C@H](CCCNC(N)=O)NC(=O)[C@H](CO)NC(=O)CCCCCN2C(=O)C=CC2=O)cc1)C(C)C. The van der Waals surface area contributed by atoms with Crippen LogP contribution >= 0.6 is 0 Å². The maximum Gasteiger partial charge on any atom is 0.312 e. The van der Waals surface area contributed by atoms with Crippen LogP contribution in [0.1, 0.15) is 57.9 Å². The highest BCUT2D eigenvalue weighted by Gasteiger charge is 2.27. The molecule has 14 nitrogen and oxygen atoms in total. The van der Waals surface area contributed by atoms with Gasteiger partial charge in [-0.05, 0) is 43.4 Å². The van der Waals surface area contributed by atoms with E-state index in [1.807, 2.05) is 13.8 Å². The molecule has 7 amide bonds. The summed E-state index contributed by atoms with van der Waals surface area (Å²) in [5, 5.41) is 20.0. The van der Waals surface area contributed by atoms with E-state index in [9.17, 15) is 33.9 Å². The summed E-state index contributed by atoms with van der Waals surface area (Å²) < 4.78 is 5.64. The van der Waals surface area contributed by atoms with Gasteiger partial charge in [-0.3, -0.25) is 28.9 Å². The van der Waals surface area contributed by atoms with E-state index in [0.717, 1.165) is 10.5 Å². The van der Waals surface area contributed by atoms with Crippen LogP contribution in [0.25, 0.3) is 0 Å². The molecule has 0 aromatic heterocycles. The number of hydrogen-bond acceptors (Lipinski definition) is 8. The number of urea groups is 1. The monoisotopic (exact) mass is 628 g/mol. The van der Waals surface area contributed by atoms with E-state index in [2.05, 4.69) is 27.8 Å². The van der Waals surface area contributed by atoms with Gasteiger partial charge in [-0.25, -0.2) is 4.79 Å². The van der Waals surface area contributed by atoms with Gasteiger partial charge >= 0.3 is 6.03 Å². The molecule has 14 heteroatoms. The second-order valence-corrected chi connectivity index (χ2v) is 10.9. The highest BCUT2D eigenvalue weighted by Crippen LogP contribution is 2.15. The first kappa shape index (κ1) is 36.5. The molecule has 0 spiro atoms. The number of rotatable bonds is 20. The molecule has 45 heavy (non-hydrogen) atoms. The van der Waals surface area contributed by atoms with Crippen molar-refractivity contribution in [3.8, 4) is 0 Å². The van der Waals surface area contributed by atoms with E-state index < -0.39 is 42.4 Å². The summed E-state index contributed by atoms with van der Waals surface area (Å²) in [4.78, 5) is 73.9. The second-order valence-electron chi connectivity index (χ2n) is 10.9. The quantitative estimate of drug-likeness (QED) is 0.0701. The number of nitrogens with two attached hydrogens (primary N) is 1. The minimum atomic E-state index is -1.30. The van der Waals surface area contributed by atoms with Crippen molar-refractivity contribution in [3.05, 3.63) is 54.3 Å². The third-order valence-corrected chi connectivity index (χ3v) is 6.91. The number of nitrogens with one attached hydrogen (secondary N) is 4. The lowest BCUT2D eigenvalue weighted by Gasteiger charge is -2.22. The lowest BCUT2D eigenvalue weighted by atomic mass is 10.1. The predicted octanol–water partition coefficient (Wildman–Crippen LogP) is 1.21. The number of carbonyl (C=O) groups is 6. The number of ether oxygens (including phenoxy) is 1. The molecule has 1 aromatic rings. The first-order valence-corrected chi connectivity index (χ1v) is 14.9. The zero-order valence-electron chi connectivity index (χ0n) is 25.8. The van der Waals surface area contributed by atoms with Gasteiger partial charge in [-0.2, -0.15) is 0 Å². The third-order valence-electron chi connectivity index (χ3n) is 6.91. The minimum Gasteiger partial charge on any atom is -0.494 e. The molecule has 0 unspecified atom stereocenters. The number of allylic oxidation sites excluding steroid dienone is 1. The molecular formula is C31H44N6O8. The molecule has 2 atom stereocenters. The van der Waals surface area contributed by atoms with E-state index in [1.54, 1.807) is 24.3 Å². The van der Waals surface area contributed by atoms with Gasteiger partial charge in [-0.15, -0.1) is 0 Å². The molecule has 1 aliphatic heterocycles. The third kappa shape index (κ3) is 13.2. The van der Waals surface area contributed by atoms with Gasteiger partial charge in [0.15, 0.2) is 0 Å². The van der Waals surface area contributed by atoms with Crippen LogP contribution in [-0.4, -0.2) is 77.4 Å². The van der Waals surface area contributed by atoms with Crippen LogP contribution in [0, 0.1) is 5.92 Å². The largest absolute Gasteiger partial charge is 0.494 e. The van der Waals surface area contributed by atoms with Crippen LogP contribution in [-0.2, 0) is 35.3 Å². The van der Waals surface area contributed by atoms with Crippen molar-refractivity contribution in [2.45, 2.75) is 71.1 Å². The van der Waals surface area contributed by atoms with Gasteiger partial charge in [0.05, 0.1) is 12.4 Å². The van der Waals surface area contributed by atoms with Crippen molar-refractivity contribution in [3.63, 3.8) is 0 Å². The molecule has 0 aliphatic carbocycles. The van der Waals surface area contributed by atoms with Crippen LogP contribution < -0.4 is 27.0 Å². The Balaban J connectivity index is 1.90. The molecule has 1 heterocycles. The molecule has 246 valence electrons. The van der Waals surface area contributed by atoms with Gasteiger partial charge < -0.3 is 36.8 Å². The highest BCUT2D eigenvalue weighted by molar-refractivity contribution is 6.12. The topological polar surface area (TPSA) is 209 Å². The van der Waals surface area contributed by atoms with E-state index in [0.29, 0.717) is 43.7 Å². The van der Waals surface area contributed by atoms with Gasteiger partial charge in [0.25, 0.3) is 11.8 Å². The number of anilines is 1. The van der Waals surface area contributed by atoms with Crippen molar-refractivity contribution in [2.24, 2.45) is 11.7 Å². The maximum atomic E-state index is 13.1. The Morgan fingerprint density at radius 3 is 2.20 bits per heavy atom. The summed E-state index contributed by atoms with van der Waals surface area (Å²) in [6.07, 6.45) is 4.42. The summed E-state index contributed by atoms with van der Waals surface area (Å²) in [6.45, 7) is 7.87. The predicted molar refractivity (Wildman–Crippen MR) is 166 cm³/mol. The zero-order chi connectivity index (χ0) is 33.4. The number of unbranched alkanes of at least 4 members (excludes halogenated alkanes) is 2. The van der Waals surface area contributed by atoms with Gasteiger partial charge in [0, 0.05) is 43.3 Å². The average Bonchev–Trinajstić information content (AvgIpc) is 3.32. The van der Waals surface area contributed by atoms with Crippen molar-refractivity contribution in [1.82, 2.24) is 20.9 Å². The number of aliphatic hydroxyl groups is 1. The maximum absolute atomic E-state index is 13.1. The zero-order valence-corrected chi connectivity index (χ0v) is 25.8. The molecule has 0 fully saturated rings. The second kappa shape index (κ2) is 18.8. The summed E-state index contributed by atoms with van der Waals surface area (Å²) in [6, 6.07) is 3.87. The van der Waals surface area contributed by atoms with Crippen LogP contribution in [0.3, 0.4) is 0 Å². The first-order valence-electron chi connectivity index (χ1n) is 14.9. The molecule has 7 N–H and O–H groups in total. The number of benzene rings is 1. The van der Waals surface area contributed by atoms with Crippen LogP contribution in [0.5, 0.6) is 0 Å². The average molecular weight is 629 g/mol. The number of nitrogens with zero attached hydrogens (tertiary/aromatic N) is 1. The van der Waals surface area contributed by atoms with Crippen LogP contribution in [0.4, 0.5) is 10.5 Å². The molecule has 0 saturated carbocycles. The fourth-order valence-corrected chi connectivity index (χ4v) is 4.16. The Hall–Kier alpha value is -4.72. The van der Waals surface area contributed by atoms with Crippen molar-refractivity contribution in [1.29, 1.82) is 0 Å². The number of hydrogen-bond donors (Lipinski definition) is 6. The number of amides is 7. The van der Waals surface area contributed by atoms with E-state index in [4.69, 9.17) is 10.5 Å². The number of imide groups is 1. The molecule has 0 bridgehead atoms. The molecule has 0 radical (unpaired) electrons. The Bertz CT molecular complexity index is 1230. The van der Waals surface area contributed by atoms with E-state index in [-0.39, 0.29) is 43.7 Å². The van der Waals surface area contributed by atoms with Gasteiger partial charge in [-0.1, -0.05) is 39.0 Å². The van der Waals surface area contributed by atoms with Crippen molar-refractivity contribution < 1.29 is 38.6 Å². The minimum absolute atomic E-state index is 0.0548. The smallest absolute Gasteiger partial charge is 0.312 e. The van der Waals surface area contributed by atoms with Gasteiger partial charge in [0.1, 0.15) is 18.7 Å². The summed E-state index contributed by atoms with van der Waals surface area (Å²) in [5.41, 5.74) is 6.44. The fraction of sp³-hybridized carbons (Fsp3) is 0.484. The van der Waals surface area contributed by atoms with Crippen molar-refractivity contribution >= 4 is 41.3 Å². The standard InChI is InChI=1S/C31H44N6O8/c1-20(2)21(3)45-19-22-10-12-23(13-11-22)34-29(42)24(8-7-16-33-31(32)44)36-30(43)25(18-38)35-26(39)9-5-4-6-17-37-27(40)14-15-28(37)41/h10-15,20,24-25,38H,3-9,16-19H2,1-2H3,(H,34,42)(H,35,39)(H,36,43)(H3,32,33,44)/t24-,25-/m0/s1. The highest BCUT2D eigenvalue weighted by atomic mass is 16.5. The summed E-state index contributed by atoms with van der Waals surface area (Å²) in [5.74, 6) is -1.65. The Labute approximate surface area is 262 Å². The molecular weight excluding hydrogens is 584 g/mol. The number of carbonyl (C=O) groups excluding carboxylic acids is 6. The van der Waals surface area contributed by atoms with E-state index >= 15 is 0 Å². The van der Waals surface area contributed by atoms with Crippen LogP contribution in [0.15, 0.2) is 48.8 Å². The van der Waals surface area contributed by atoms with Crippen molar-refractivity contribution in [2.75, 3.05) is 25.0 Å². The molecule has 0 saturated heterocycles. The Morgan fingerprint density at radius 2 is 1.60 bits per heavy atom. The normalized spacial score (nSPS) is 13.7. The Morgan fingerprint density at radius 1 is 0.933 bits per heavy atom. The summed E-state index contributed by atoms with van der Waals surface area (Å²) in [7, 11) is 0. The lowest BCUT2D eigenvalue weighted by Crippen LogP contribution is -2.54. The fourth-order valence-electron chi connectivity index (χ4n) is 4.16. The van der Waals surface area contributed by atoms with Gasteiger partial charge in [0.2, 0.25) is 17.7 Å². The van der Waals surface area contributed by atoms with Crippen LogP contribution in [0.2, 0.25) is 0 Å². The molecule has 2 rings (SSSR count). The summed E-state index contributed by atoms with van der Waals surface area (Å²) >= 11 is 0. The lowest BCUT2D eigenvalue weighted by molar-refractivity contribution is -0.137. The molecule has 1 aliphatic rings. The number of aliphatic hydroxyl groups excluding tert-OH is 1.